The van der Waals surface area contributed by atoms with Crippen LogP contribution in [0.2, 0.25) is 0 Å². The van der Waals surface area contributed by atoms with Gasteiger partial charge in [0, 0.05) is 12.6 Å². The highest BCUT2D eigenvalue weighted by Gasteiger charge is 2.17. The summed E-state index contributed by atoms with van der Waals surface area (Å²) in [6, 6.07) is 9.03. The largest absolute Gasteiger partial charge is 0.395 e. The Morgan fingerprint density at radius 2 is 1.61 bits per heavy atom. The van der Waals surface area contributed by atoms with Crippen molar-refractivity contribution in [1.29, 1.82) is 0 Å². The fraction of sp³-hybridized carbons (Fsp3) is 0.625. The third-order valence-electron chi connectivity index (χ3n) is 3.60. The van der Waals surface area contributed by atoms with Crippen molar-refractivity contribution in [3.63, 3.8) is 0 Å². The molecule has 1 atom stereocenters. The van der Waals surface area contributed by atoms with Gasteiger partial charge in [0.25, 0.3) is 0 Å². The first kappa shape index (κ1) is 15.2. The van der Waals surface area contributed by atoms with Crippen molar-refractivity contribution in [2.45, 2.75) is 46.2 Å². The average molecular weight is 249 g/mol. The molecule has 0 aliphatic heterocycles. The Kier molecular flexibility index (Phi) is 5.83. The number of aliphatic hydroxyl groups excluding tert-OH is 1. The van der Waals surface area contributed by atoms with Crippen LogP contribution in [0.4, 0.5) is 0 Å². The summed E-state index contributed by atoms with van der Waals surface area (Å²) < 4.78 is 0. The van der Waals surface area contributed by atoms with Crippen LogP contribution in [0, 0.1) is 5.92 Å². The normalized spacial score (nSPS) is 13.6. The lowest BCUT2D eigenvalue weighted by Gasteiger charge is -2.29. The summed E-state index contributed by atoms with van der Waals surface area (Å²) in [7, 11) is 2.08. The molecule has 1 N–H and O–H groups in total. The van der Waals surface area contributed by atoms with E-state index in [1.165, 1.54) is 11.1 Å². The van der Waals surface area contributed by atoms with Crippen LogP contribution in [0.1, 0.15) is 44.7 Å². The Labute approximate surface area is 112 Å². The molecule has 18 heavy (non-hydrogen) atoms. The van der Waals surface area contributed by atoms with Crippen LogP contribution in [0.3, 0.4) is 0 Å². The van der Waals surface area contributed by atoms with Gasteiger partial charge in [0.2, 0.25) is 0 Å². The second-order valence-corrected chi connectivity index (χ2v) is 5.81. The van der Waals surface area contributed by atoms with Crippen molar-refractivity contribution >= 4 is 0 Å². The zero-order chi connectivity index (χ0) is 13.7. The van der Waals surface area contributed by atoms with Crippen LogP contribution in [0.25, 0.3) is 0 Å². The maximum absolute atomic E-state index is 9.42. The lowest BCUT2D eigenvalue weighted by Crippen LogP contribution is -2.38. The maximum atomic E-state index is 9.42. The van der Waals surface area contributed by atoms with E-state index in [0.29, 0.717) is 11.8 Å². The van der Waals surface area contributed by atoms with Crippen LogP contribution < -0.4 is 0 Å². The topological polar surface area (TPSA) is 23.5 Å². The van der Waals surface area contributed by atoms with Crippen molar-refractivity contribution in [2.75, 3.05) is 13.7 Å². The van der Waals surface area contributed by atoms with Gasteiger partial charge < -0.3 is 5.11 Å². The molecule has 0 spiro atoms. The Morgan fingerprint density at radius 1 is 1.06 bits per heavy atom. The standard InChI is InChI=1S/C16H27NO/c1-12(2)15-8-6-14(7-9-15)10-17(5)16(11-18)13(3)4/h6-9,12-13,16,18H,10-11H2,1-5H3. The zero-order valence-electron chi connectivity index (χ0n) is 12.4. The summed E-state index contributed by atoms with van der Waals surface area (Å²) in [6.45, 7) is 9.84. The zero-order valence-corrected chi connectivity index (χ0v) is 12.4. The number of benzene rings is 1. The second-order valence-electron chi connectivity index (χ2n) is 5.81. The van der Waals surface area contributed by atoms with Crippen molar-refractivity contribution in [3.05, 3.63) is 35.4 Å². The molecule has 0 amide bonds. The molecule has 1 unspecified atom stereocenters. The number of hydrogen-bond acceptors (Lipinski definition) is 2. The van der Waals surface area contributed by atoms with Crippen molar-refractivity contribution in [1.82, 2.24) is 4.90 Å². The van der Waals surface area contributed by atoms with Gasteiger partial charge >= 0.3 is 0 Å². The summed E-state index contributed by atoms with van der Waals surface area (Å²) in [6.07, 6.45) is 0. The highest BCUT2D eigenvalue weighted by atomic mass is 16.3. The molecule has 1 aromatic carbocycles. The Hall–Kier alpha value is -0.860. The van der Waals surface area contributed by atoms with Crippen molar-refractivity contribution < 1.29 is 5.11 Å². The van der Waals surface area contributed by atoms with E-state index in [0.717, 1.165) is 6.54 Å². The maximum Gasteiger partial charge on any atom is 0.0589 e. The Morgan fingerprint density at radius 3 is 2.00 bits per heavy atom. The quantitative estimate of drug-likeness (QED) is 0.836. The SMILES string of the molecule is CC(C)c1ccc(CN(C)C(CO)C(C)C)cc1. The van der Waals surface area contributed by atoms with Gasteiger partial charge in [0.15, 0.2) is 0 Å². The summed E-state index contributed by atoms with van der Waals surface area (Å²) >= 11 is 0. The minimum Gasteiger partial charge on any atom is -0.395 e. The van der Waals surface area contributed by atoms with E-state index in [-0.39, 0.29) is 12.6 Å². The van der Waals surface area contributed by atoms with Gasteiger partial charge in [-0.25, -0.2) is 0 Å². The van der Waals surface area contributed by atoms with Crippen LogP contribution in [-0.4, -0.2) is 29.7 Å². The molecule has 1 aromatic rings. The van der Waals surface area contributed by atoms with E-state index >= 15 is 0 Å². The van der Waals surface area contributed by atoms with Gasteiger partial charge in [-0.05, 0) is 30.0 Å². The molecule has 0 aromatic heterocycles. The van der Waals surface area contributed by atoms with E-state index in [1.807, 2.05) is 0 Å². The lowest BCUT2D eigenvalue weighted by atomic mass is 10.0. The van der Waals surface area contributed by atoms with E-state index in [2.05, 4.69) is 63.9 Å². The molecule has 0 radical (unpaired) electrons. The van der Waals surface area contributed by atoms with Gasteiger partial charge in [0.1, 0.15) is 0 Å². The van der Waals surface area contributed by atoms with E-state index in [9.17, 15) is 5.11 Å². The molecule has 102 valence electrons. The highest BCUT2D eigenvalue weighted by Crippen LogP contribution is 2.17. The summed E-state index contributed by atoms with van der Waals surface area (Å²) in [4.78, 5) is 2.23. The minimum absolute atomic E-state index is 0.220. The van der Waals surface area contributed by atoms with Crippen LogP contribution in [0.5, 0.6) is 0 Å². The average Bonchev–Trinajstić information content (AvgIpc) is 2.29. The van der Waals surface area contributed by atoms with Gasteiger partial charge in [0.05, 0.1) is 6.61 Å². The molecule has 0 bridgehead atoms. The molecule has 0 aliphatic carbocycles. The third kappa shape index (κ3) is 4.11. The predicted molar refractivity (Wildman–Crippen MR) is 77.7 cm³/mol. The first-order chi connectivity index (χ1) is 8.45. The second kappa shape index (κ2) is 6.91. The molecule has 0 saturated heterocycles. The molecule has 0 saturated carbocycles. The number of aliphatic hydroxyl groups is 1. The molecular formula is C16H27NO. The fourth-order valence-corrected chi connectivity index (χ4v) is 2.27. The molecule has 1 rings (SSSR count). The van der Waals surface area contributed by atoms with Crippen LogP contribution >= 0.6 is 0 Å². The van der Waals surface area contributed by atoms with E-state index < -0.39 is 0 Å². The first-order valence-corrected chi connectivity index (χ1v) is 6.85. The van der Waals surface area contributed by atoms with Crippen LogP contribution in [0.15, 0.2) is 24.3 Å². The minimum atomic E-state index is 0.220. The molecule has 0 aliphatic rings. The van der Waals surface area contributed by atoms with Crippen molar-refractivity contribution in [2.24, 2.45) is 5.92 Å². The Balaban J connectivity index is 2.66. The fourth-order valence-electron chi connectivity index (χ4n) is 2.27. The smallest absolute Gasteiger partial charge is 0.0589 e. The van der Waals surface area contributed by atoms with E-state index in [4.69, 9.17) is 0 Å². The molecule has 0 heterocycles. The highest BCUT2D eigenvalue weighted by molar-refractivity contribution is 5.24. The number of nitrogens with zero attached hydrogens (tertiary/aromatic N) is 1. The number of hydrogen-bond donors (Lipinski definition) is 1. The molecular weight excluding hydrogens is 222 g/mol. The van der Waals surface area contributed by atoms with E-state index in [1.54, 1.807) is 0 Å². The monoisotopic (exact) mass is 249 g/mol. The Bertz CT molecular complexity index is 343. The summed E-state index contributed by atoms with van der Waals surface area (Å²) in [5.41, 5.74) is 2.69. The molecule has 0 fully saturated rings. The lowest BCUT2D eigenvalue weighted by molar-refractivity contribution is 0.108. The van der Waals surface area contributed by atoms with Gasteiger partial charge in [-0.2, -0.15) is 0 Å². The first-order valence-electron chi connectivity index (χ1n) is 6.85. The summed E-state index contributed by atoms with van der Waals surface area (Å²) in [5.74, 6) is 1.05. The van der Waals surface area contributed by atoms with Gasteiger partial charge in [-0.3, -0.25) is 4.90 Å². The number of rotatable bonds is 6. The van der Waals surface area contributed by atoms with Crippen LogP contribution in [-0.2, 0) is 6.54 Å². The molecule has 2 heteroatoms. The predicted octanol–water partition coefficient (Wildman–Crippen LogP) is 3.26. The van der Waals surface area contributed by atoms with Gasteiger partial charge in [-0.1, -0.05) is 52.0 Å². The van der Waals surface area contributed by atoms with Gasteiger partial charge in [-0.15, -0.1) is 0 Å². The van der Waals surface area contributed by atoms with Crippen molar-refractivity contribution in [3.8, 4) is 0 Å². The number of likely N-dealkylation sites (N-methyl/N-ethyl adjacent to an activating group) is 1. The summed E-state index contributed by atoms with van der Waals surface area (Å²) in [5, 5.41) is 9.42. The molecule has 2 nitrogen and oxygen atoms in total. The third-order valence-corrected chi connectivity index (χ3v) is 3.60.